The number of ether oxygens (including phenoxy) is 2. The molecule has 3 atom stereocenters. The summed E-state index contributed by atoms with van der Waals surface area (Å²) in [6.45, 7) is 15.6. The van der Waals surface area contributed by atoms with Crippen LogP contribution in [-0.4, -0.2) is 17.5 Å². The summed E-state index contributed by atoms with van der Waals surface area (Å²) in [6, 6.07) is 3.97. The fraction of sp³-hybridized carbons (Fsp3) is 0.739. The van der Waals surface area contributed by atoms with E-state index in [-0.39, 0.29) is 29.1 Å². The van der Waals surface area contributed by atoms with E-state index in [1.807, 2.05) is 6.07 Å². The van der Waals surface area contributed by atoms with E-state index in [9.17, 15) is 5.11 Å². The lowest BCUT2D eigenvalue weighted by Gasteiger charge is -2.50. The first-order valence-electron chi connectivity index (χ1n) is 10.2. The van der Waals surface area contributed by atoms with Gasteiger partial charge in [-0.3, -0.25) is 0 Å². The first-order chi connectivity index (χ1) is 12.1. The number of phenols is 1. The van der Waals surface area contributed by atoms with Crippen LogP contribution in [0.1, 0.15) is 91.2 Å². The average molecular weight is 361 g/mol. The summed E-state index contributed by atoms with van der Waals surface area (Å²) in [7, 11) is 0. The van der Waals surface area contributed by atoms with Gasteiger partial charge in [0, 0.05) is 17.5 Å². The number of hydrogen-bond acceptors (Lipinski definition) is 3. The van der Waals surface area contributed by atoms with Crippen molar-refractivity contribution in [3.05, 3.63) is 23.3 Å². The molecule has 1 aromatic carbocycles. The summed E-state index contributed by atoms with van der Waals surface area (Å²) in [5.41, 5.74) is 2.47. The van der Waals surface area contributed by atoms with Crippen molar-refractivity contribution in [3.8, 4) is 11.5 Å². The smallest absolute Gasteiger partial charge is 0.200 e. The molecule has 0 spiro atoms. The Kier molecular flexibility index (Phi) is 5.07. The summed E-state index contributed by atoms with van der Waals surface area (Å²) in [6.07, 6.45) is 4.37. The van der Waals surface area contributed by atoms with Crippen molar-refractivity contribution in [2.75, 3.05) is 0 Å². The molecule has 1 aromatic rings. The van der Waals surface area contributed by atoms with Crippen molar-refractivity contribution in [1.82, 2.24) is 0 Å². The topological polar surface area (TPSA) is 38.7 Å². The minimum absolute atomic E-state index is 0.0452. The standard InChI is InChI=1S/C23H36O3/c1-14(2)20-17(24)10-9-16-21(20)26-19(25-15(3)4)13-18-22(5,6)11-8-12-23(16,18)7/h9-10,14-15,18-19,24H,8,11-13H2,1-7H3/t18-,19-,23+/m0/s1. The molecule has 2 aliphatic rings. The molecule has 0 aromatic heterocycles. The van der Waals surface area contributed by atoms with E-state index >= 15 is 0 Å². The molecule has 146 valence electrons. The molecule has 3 heteroatoms. The van der Waals surface area contributed by atoms with Crippen LogP contribution >= 0.6 is 0 Å². The zero-order chi connectivity index (χ0) is 19.3. The van der Waals surface area contributed by atoms with Crippen LogP contribution in [0.4, 0.5) is 0 Å². The van der Waals surface area contributed by atoms with Crippen LogP contribution < -0.4 is 4.74 Å². The van der Waals surface area contributed by atoms with Gasteiger partial charge >= 0.3 is 0 Å². The second-order valence-corrected chi connectivity index (χ2v) is 9.81. The van der Waals surface area contributed by atoms with Crippen LogP contribution in [0.5, 0.6) is 11.5 Å². The fourth-order valence-corrected chi connectivity index (χ4v) is 5.51. The number of benzene rings is 1. The highest BCUT2D eigenvalue weighted by Crippen LogP contribution is 2.59. The van der Waals surface area contributed by atoms with Crippen LogP contribution in [0.3, 0.4) is 0 Å². The van der Waals surface area contributed by atoms with Crippen LogP contribution in [0, 0.1) is 11.3 Å². The lowest BCUT2D eigenvalue weighted by atomic mass is 9.53. The Bertz CT molecular complexity index is 662. The fourth-order valence-electron chi connectivity index (χ4n) is 5.51. The molecule has 0 amide bonds. The highest BCUT2D eigenvalue weighted by Gasteiger charge is 2.51. The maximum atomic E-state index is 10.6. The predicted octanol–water partition coefficient (Wildman–Crippen LogP) is 6.13. The van der Waals surface area contributed by atoms with E-state index in [1.165, 1.54) is 18.4 Å². The largest absolute Gasteiger partial charge is 0.508 e. The van der Waals surface area contributed by atoms with Crippen molar-refractivity contribution < 1.29 is 14.6 Å². The Morgan fingerprint density at radius 2 is 1.81 bits per heavy atom. The highest BCUT2D eigenvalue weighted by atomic mass is 16.7. The third-order valence-corrected chi connectivity index (χ3v) is 6.70. The molecule has 3 rings (SSSR count). The Morgan fingerprint density at radius 1 is 1.12 bits per heavy atom. The van der Waals surface area contributed by atoms with E-state index in [4.69, 9.17) is 9.47 Å². The maximum Gasteiger partial charge on any atom is 0.200 e. The van der Waals surface area contributed by atoms with Crippen molar-refractivity contribution in [2.24, 2.45) is 11.3 Å². The zero-order valence-corrected chi connectivity index (χ0v) is 17.6. The quantitative estimate of drug-likeness (QED) is 0.704. The van der Waals surface area contributed by atoms with Gasteiger partial charge in [-0.2, -0.15) is 0 Å². The summed E-state index contributed by atoms with van der Waals surface area (Å²) in [4.78, 5) is 0. The SMILES string of the molecule is CC(C)O[C@@H]1C[C@H]2C(C)(C)CCC[C@]2(C)c2ccc(O)c(C(C)C)c2O1. The Balaban J connectivity index is 2.21. The first-order valence-corrected chi connectivity index (χ1v) is 10.2. The molecule has 3 nitrogen and oxygen atoms in total. The molecule has 1 fully saturated rings. The van der Waals surface area contributed by atoms with Gasteiger partial charge in [0.25, 0.3) is 0 Å². The minimum Gasteiger partial charge on any atom is -0.508 e. The van der Waals surface area contributed by atoms with Crippen molar-refractivity contribution in [1.29, 1.82) is 0 Å². The van der Waals surface area contributed by atoms with E-state index in [0.717, 1.165) is 24.2 Å². The summed E-state index contributed by atoms with van der Waals surface area (Å²) in [5.74, 6) is 1.88. The van der Waals surface area contributed by atoms with Gasteiger partial charge in [-0.15, -0.1) is 0 Å². The molecule has 1 N–H and O–H groups in total. The van der Waals surface area contributed by atoms with Crippen LogP contribution in [0.2, 0.25) is 0 Å². The van der Waals surface area contributed by atoms with Crippen molar-refractivity contribution in [3.63, 3.8) is 0 Å². The maximum absolute atomic E-state index is 10.6. The molecule has 0 bridgehead atoms. The van der Waals surface area contributed by atoms with Crippen molar-refractivity contribution in [2.45, 2.75) is 97.9 Å². The summed E-state index contributed by atoms with van der Waals surface area (Å²) < 4.78 is 12.7. The normalized spacial score (nSPS) is 30.5. The first kappa shape index (κ1) is 19.5. The highest BCUT2D eigenvalue weighted by molar-refractivity contribution is 5.55. The van der Waals surface area contributed by atoms with Gasteiger partial charge in [-0.25, -0.2) is 0 Å². The lowest BCUT2D eigenvalue weighted by molar-refractivity contribution is -0.129. The van der Waals surface area contributed by atoms with E-state index in [1.54, 1.807) is 0 Å². The Labute approximate surface area is 159 Å². The molecule has 1 aliphatic carbocycles. The van der Waals surface area contributed by atoms with Crippen molar-refractivity contribution >= 4 is 0 Å². The molecule has 1 saturated carbocycles. The van der Waals surface area contributed by atoms with Crippen LogP contribution in [0.25, 0.3) is 0 Å². The Hall–Kier alpha value is -1.22. The summed E-state index contributed by atoms with van der Waals surface area (Å²) >= 11 is 0. The van der Waals surface area contributed by atoms with Gasteiger partial charge in [-0.1, -0.05) is 47.1 Å². The monoisotopic (exact) mass is 360 g/mol. The van der Waals surface area contributed by atoms with Gasteiger partial charge in [0.05, 0.1) is 6.10 Å². The molecule has 1 aliphatic heterocycles. The number of aromatic hydroxyl groups is 1. The van der Waals surface area contributed by atoms with E-state index < -0.39 is 0 Å². The van der Waals surface area contributed by atoms with Gasteiger partial charge in [-0.05, 0) is 55.4 Å². The number of hydrogen-bond donors (Lipinski definition) is 1. The van der Waals surface area contributed by atoms with Gasteiger partial charge in [0.15, 0.2) is 6.29 Å². The van der Waals surface area contributed by atoms with Crippen LogP contribution in [-0.2, 0) is 10.2 Å². The van der Waals surface area contributed by atoms with Gasteiger partial charge in [0.2, 0.25) is 0 Å². The molecule has 1 heterocycles. The lowest BCUT2D eigenvalue weighted by Crippen LogP contribution is -2.46. The second kappa shape index (κ2) is 6.74. The van der Waals surface area contributed by atoms with Crippen LogP contribution in [0.15, 0.2) is 12.1 Å². The third kappa shape index (κ3) is 3.24. The number of rotatable bonds is 3. The number of phenolic OH excluding ortho intramolecular Hbond substituents is 1. The zero-order valence-electron chi connectivity index (χ0n) is 17.6. The molecule has 0 saturated heterocycles. The second-order valence-electron chi connectivity index (χ2n) is 9.81. The minimum atomic E-state index is -0.266. The van der Waals surface area contributed by atoms with Gasteiger partial charge < -0.3 is 14.6 Å². The molecule has 0 unspecified atom stereocenters. The van der Waals surface area contributed by atoms with Gasteiger partial charge in [0.1, 0.15) is 11.5 Å². The molecule has 0 radical (unpaired) electrons. The summed E-state index contributed by atoms with van der Waals surface area (Å²) in [5, 5.41) is 10.6. The molecular formula is C23H36O3. The average Bonchev–Trinajstić information content (AvgIpc) is 2.61. The molecule has 26 heavy (non-hydrogen) atoms. The molecular weight excluding hydrogens is 324 g/mol. The predicted molar refractivity (Wildman–Crippen MR) is 106 cm³/mol. The van der Waals surface area contributed by atoms with E-state index in [2.05, 4.69) is 54.5 Å². The number of fused-ring (bicyclic) bond motifs is 3. The third-order valence-electron chi connectivity index (χ3n) is 6.70. The Morgan fingerprint density at radius 3 is 2.42 bits per heavy atom. The van der Waals surface area contributed by atoms with E-state index in [0.29, 0.717) is 11.7 Å².